The summed E-state index contributed by atoms with van der Waals surface area (Å²) in [6, 6.07) is 9.92. The lowest BCUT2D eigenvalue weighted by atomic mass is 9.95. The molecule has 29 heavy (non-hydrogen) atoms. The first-order valence-corrected chi connectivity index (χ1v) is 9.91. The van der Waals surface area contributed by atoms with Crippen LogP contribution in [0.15, 0.2) is 24.3 Å². The molecule has 1 aliphatic heterocycles. The zero-order chi connectivity index (χ0) is 21.0. The van der Waals surface area contributed by atoms with Gasteiger partial charge < -0.3 is 20.1 Å². The first kappa shape index (κ1) is 21.0. The van der Waals surface area contributed by atoms with Gasteiger partial charge in [0.05, 0.1) is 29.7 Å². The van der Waals surface area contributed by atoms with Crippen LogP contribution in [0, 0.1) is 11.3 Å². The number of methoxy groups -OCH3 is 1. The van der Waals surface area contributed by atoms with Gasteiger partial charge in [-0.15, -0.1) is 0 Å². The van der Waals surface area contributed by atoms with Gasteiger partial charge in [-0.1, -0.05) is 20.8 Å². The van der Waals surface area contributed by atoms with Crippen LogP contribution in [0.5, 0.6) is 0 Å². The molecule has 2 N–H and O–H groups in total. The molecule has 0 radical (unpaired) electrons. The van der Waals surface area contributed by atoms with Crippen molar-refractivity contribution in [3.63, 3.8) is 0 Å². The Hall–Kier alpha value is -2.69. The Morgan fingerprint density at radius 3 is 2.59 bits per heavy atom. The third kappa shape index (κ3) is 5.22. The maximum atomic E-state index is 9.73. The van der Waals surface area contributed by atoms with E-state index in [1.165, 1.54) is 0 Å². The van der Waals surface area contributed by atoms with Crippen molar-refractivity contribution in [2.24, 2.45) is 0 Å². The number of aliphatic hydroxyl groups excluding tert-OH is 1. The van der Waals surface area contributed by atoms with Gasteiger partial charge in [0, 0.05) is 37.4 Å². The summed E-state index contributed by atoms with van der Waals surface area (Å²) in [4.78, 5) is 11.4. The summed E-state index contributed by atoms with van der Waals surface area (Å²) < 4.78 is 5.24. The largest absolute Gasteiger partial charge is 0.393 e. The number of nitrogens with one attached hydrogen (secondary N) is 1. The number of hydrogen-bond donors (Lipinski definition) is 2. The second kappa shape index (κ2) is 8.76. The lowest BCUT2D eigenvalue weighted by Crippen LogP contribution is -2.36. The Kier molecular flexibility index (Phi) is 6.36. The van der Waals surface area contributed by atoms with Gasteiger partial charge in [0.25, 0.3) is 0 Å². The van der Waals surface area contributed by atoms with E-state index in [1.807, 2.05) is 24.3 Å². The van der Waals surface area contributed by atoms with Crippen LogP contribution in [-0.4, -0.2) is 41.4 Å². The van der Waals surface area contributed by atoms with Crippen LogP contribution in [0.1, 0.15) is 50.7 Å². The van der Waals surface area contributed by atoms with Gasteiger partial charge >= 0.3 is 0 Å². The van der Waals surface area contributed by atoms with Crippen molar-refractivity contribution >= 4 is 17.2 Å². The summed E-state index contributed by atoms with van der Waals surface area (Å²) in [5.74, 6) is 1.41. The van der Waals surface area contributed by atoms with E-state index >= 15 is 0 Å². The van der Waals surface area contributed by atoms with Gasteiger partial charge in [0.15, 0.2) is 0 Å². The summed E-state index contributed by atoms with van der Waals surface area (Å²) in [7, 11) is 1.64. The number of anilines is 3. The minimum atomic E-state index is -0.242. The summed E-state index contributed by atoms with van der Waals surface area (Å²) in [5, 5.41) is 22.7. The minimum absolute atomic E-state index is 0.194. The zero-order valence-electron chi connectivity index (χ0n) is 17.6. The molecule has 0 spiro atoms. The summed E-state index contributed by atoms with van der Waals surface area (Å²) in [6.07, 6.45) is 1.21. The third-order valence-electron chi connectivity index (χ3n) is 4.94. The van der Waals surface area contributed by atoms with Crippen LogP contribution in [-0.2, 0) is 16.8 Å². The highest BCUT2D eigenvalue weighted by molar-refractivity contribution is 5.68. The van der Waals surface area contributed by atoms with E-state index < -0.39 is 0 Å². The highest BCUT2D eigenvalue weighted by atomic mass is 16.5. The lowest BCUT2D eigenvalue weighted by molar-refractivity contribution is 0.145. The van der Waals surface area contributed by atoms with E-state index in [1.54, 1.807) is 7.11 Å². The highest BCUT2D eigenvalue weighted by Gasteiger charge is 2.21. The molecule has 2 heterocycles. The smallest absolute Gasteiger partial charge is 0.136 e. The zero-order valence-corrected chi connectivity index (χ0v) is 17.6. The molecule has 1 fully saturated rings. The molecule has 0 unspecified atom stereocenters. The van der Waals surface area contributed by atoms with Crippen molar-refractivity contribution in [3.05, 3.63) is 41.3 Å². The molecule has 154 valence electrons. The monoisotopic (exact) mass is 395 g/mol. The highest BCUT2D eigenvalue weighted by Crippen LogP contribution is 2.28. The van der Waals surface area contributed by atoms with Crippen LogP contribution >= 0.6 is 0 Å². The SMILES string of the molecule is COCc1cc(Nc2ccc(N3CCC(O)CC3)c(C#N)c2)nc(C(C)(C)C)n1. The van der Waals surface area contributed by atoms with Gasteiger partial charge in [-0.05, 0) is 31.0 Å². The van der Waals surface area contributed by atoms with Crippen molar-refractivity contribution in [1.29, 1.82) is 5.26 Å². The molecule has 1 aromatic carbocycles. The van der Waals surface area contributed by atoms with E-state index in [4.69, 9.17) is 4.74 Å². The molecule has 1 aliphatic rings. The number of aromatic nitrogens is 2. The Bertz CT molecular complexity index is 893. The molecule has 0 saturated carbocycles. The average molecular weight is 396 g/mol. The van der Waals surface area contributed by atoms with E-state index in [2.05, 4.69) is 47.0 Å². The third-order valence-corrected chi connectivity index (χ3v) is 4.94. The first-order valence-electron chi connectivity index (χ1n) is 9.91. The van der Waals surface area contributed by atoms with E-state index in [9.17, 15) is 10.4 Å². The number of rotatable bonds is 5. The predicted octanol–water partition coefficient (Wildman–Crippen LogP) is 3.50. The van der Waals surface area contributed by atoms with Crippen molar-refractivity contribution in [1.82, 2.24) is 9.97 Å². The fourth-order valence-corrected chi connectivity index (χ4v) is 3.35. The van der Waals surface area contributed by atoms with E-state index in [0.29, 0.717) is 18.0 Å². The summed E-state index contributed by atoms with van der Waals surface area (Å²) >= 11 is 0. The normalized spacial score (nSPS) is 15.2. The van der Waals surface area contributed by atoms with Crippen LogP contribution < -0.4 is 10.2 Å². The number of hydrogen-bond acceptors (Lipinski definition) is 7. The minimum Gasteiger partial charge on any atom is -0.393 e. The fourth-order valence-electron chi connectivity index (χ4n) is 3.35. The van der Waals surface area contributed by atoms with Gasteiger partial charge in [0.2, 0.25) is 0 Å². The van der Waals surface area contributed by atoms with Crippen molar-refractivity contribution < 1.29 is 9.84 Å². The molecule has 1 saturated heterocycles. The predicted molar refractivity (Wildman–Crippen MR) is 113 cm³/mol. The van der Waals surface area contributed by atoms with Gasteiger partial charge in [-0.25, -0.2) is 9.97 Å². The molecule has 7 heteroatoms. The Morgan fingerprint density at radius 2 is 1.97 bits per heavy atom. The maximum Gasteiger partial charge on any atom is 0.136 e. The van der Waals surface area contributed by atoms with Crippen molar-refractivity contribution in [2.45, 2.75) is 51.7 Å². The Balaban J connectivity index is 1.86. The number of piperidine rings is 1. The molecule has 3 rings (SSSR count). The topological polar surface area (TPSA) is 94.3 Å². The summed E-state index contributed by atoms with van der Waals surface area (Å²) in [6.45, 7) is 8.12. The van der Waals surface area contributed by atoms with Crippen molar-refractivity contribution in [2.75, 3.05) is 30.4 Å². The van der Waals surface area contributed by atoms with Crippen LogP contribution in [0.25, 0.3) is 0 Å². The van der Waals surface area contributed by atoms with E-state index in [0.717, 1.165) is 48.8 Å². The van der Waals surface area contributed by atoms with Gasteiger partial charge in [0.1, 0.15) is 17.7 Å². The number of nitriles is 1. The molecular weight excluding hydrogens is 366 g/mol. The standard InChI is InChI=1S/C22H29N5O2/c1-22(2,3)21-25-17(14-29-4)12-20(26-21)24-16-5-6-19(15(11-16)13-23)27-9-7-18(28)8-10-27/h5-6,11-12,18,28H,7-10,14H2,1-4H3,(H,24,25,26). The second-order valence-corrected chi connectivity index (χ2v) is 8.44. The Labute approximate surface area is 172 Å². The molecule has 2 aromatic rings. The lowest BCUT2D eigenvalue weighted by Gasteiger charge is -2.32. The molecule has 0 aliphatic carbocycles. The summed E-state index contributed by atoms with van der Waals surface area (Å²) in [5.41, 5.74) is 2.92. The molecule has 0 atom stereocenters. The molecule has 7 nitrogen and oxygen atoms in total. The van der Waals surface area contributed by atoms with Crippen LogP contribution in [0.2, 0.25) is 0 Å². The van der Waals surface area contributed by atoms with E-state index in [-0.39, 0.29) is 11.5 Å². The molecule has 1 aromatic heterocycles. The molecular formula is C22H29N5O2. The molecule has 0 bridgehead atoms. The Morgan fingerprint density at radius 1 is 1.24 bits per heavy atom. The second-order valence-electron chi connectivity index (χ2n) is 8.44. The number of ether oxygens (including phenoxy) is 1. The molecule has 0 amide bonds. The quantitative estimate of drug-likeness (QED) is 0.800. The maximum absolute atomic E-state index is 9.73. The van der Waals surface area contributed by atoms with Crippen LogP contribution in [0.4, 0.5) is 17.2 Å². The average Bonchev–Trinajstić information content (AvgIpc) is 2.68. The van der Waals surface area contributed by atoms with Gasteiger partial charge in [-0.2, -0.15) is 5.26 Å². The van der Waals surface area contributed by atoms with Gasteiger partial charge in [-0.3, -0.25) is 0 Å². The number of benzene rings is 1. The van der Waals surface area contributed by atoms with Crippen molar-refractivity contribution in [3.8, 4) is 6.07 Å². The fraction of sp³-hybridized carbons (Fsp3) is 0.500. The first-order chi connectivity index (χ1) is 13.8. The number of aliphatic hydroxyl groups is 1. The number of nitrogens with zero attached hydrogens (tertiary/aromatic N) is 4. The van der Waals surface area contributed by atoms with Crippen LogP contribution in [0.3, 0.4) is 0 Å².